The normalized spacial score (nSPS) is 17.0. The third-order valence-corrected chi connectivity index (χ3v) is 4.15. The number of ether oxygens (including phenoxy) is 2. The van der Waals surface area contributed by atoms with Crippen LogP contribution in [0.15, 0.2) is 40.2 Å². The minimum atomic E-state index is -0.517. The molecule has 0 aliphatic carbocycles. The molecule has 3 N–H and O–H groups in total. The Morgan fingerprint density at radius 3 is 2.73 bits per heavy atom. The van der Waals surface area contributed by atoms with Crippen LogP contribution in [0.1, 0.15) is 22.7 Å². The third-order valence-electron chi connectivity index (χ3n) is 3.62. The first-order chi connectivity index (χ1) is 10.5. The van der Waals surface area contributed by atoms with Gasteiger partial charge in [-0.1, -0.05) is 28.1 Å². The SMILES string of the molecule is COC(=O)C1=C(N)Oc2n[nH]c(C)c2C1c1ccc(Br)cc1. The largest absolute Gasteiger partial charge is 0.465 e. The van der Waals surface area contributed by atoms with Crippen LogP contribution in [0.2, 0.25) is 0 Å². The Balaban J connectivity index is 2.22. The lowest BCUT2D eigenvalue weighted by Crippen LogP contribution is -2.27. The van der Waals surface area contributed by atoms with E-state index in [-0.39, 0.29) is 17.4 Å². The van der Waals surface area contributed by atoms with Crippen molar-refractivity contribution in [2.75, 3.05) is 7.11 Å². The number of benzene rings is 1. The Morgan fingerprint density at radius 1 is 1.41 bits per heavy atom. The minimum absolute atomic E-state index is 0.0127. The lowest BCUT2D eigenvalue weighted by atomic mass is 9.83. The van der Waals surface area contributed by atoms with Crippen LogP contribution >= 0.6 is 15.9 Å². The van der Waals surface area contributed by atoms with E-state index in [1.54, 1.807) is 0 Å². The van der Waals surface area contributed by atoms with E-state index in [9.17, 15) is 4.79 Å². The highest BCUT2D eigenvalue weighted by atomic mass is 79.9. The molecule has 1 aromatic heterocycles. The van der Waals surface area contributed by atoms with Gasteiger partial charge in [0.25, 0.3) is 0 Å². The molecule has 0 saturated carbocycles. The van der Waals surface area contributed by atoms with Gasteiger partial charge in [-0.05, 0) is 24.6 Å². The van der Waals surface area contributed by atoms with Crippen LogP contribution in [0.4, 0.5) is 0 Å². The molecule has 3 rings (SSSR count). The number of halogens is 1. The number of nitrogens with two attached hydrogens (primary N) is 1. The molecule has 0 fully saturated rings. The fourth-order valence-corrected chi connectivity index (χ4v) is 2.86. The van der Waals surface area contributed by atoms with Gasteiger partial charge in [-0.2, -0.15) is 0 Å². The number of H-pyrrole nitrogens is 1. The highest BCUT2D eigenvalue weighted by Gasteiger charge is 2.38. The molecule has 1 aliphatic rings. The highest BCUT2D eigenvalue weighted by molar-refractivity contribution is 9.10. The molecule has 0 saturated heterocycles. The van der Waals surface area contributed by atoms with Crippen molar-refractivity contribution in [3.05, 3.63) is 57.0 Å². The zero-order valence-electron chi connectivity index (χ0n) is 12.0. The number of aryl methyl sites for hydroxylation is 1. The molecule has 7 heteroatoms. The molecule has 6 nitrogen and oxygen atoms in total. The molecule has 1 aliphatic heterocycles. The summed E-state index contributed by atoms with van der Waals surface area (Å²) in [5, 5.41) is 6.97. The lowest BCUT2D eigenvalue weighted by Gasteiger charge is -2.25. The summed E-state index contributed by atoms with van der Waals surface area (Å²) in [6.07, 6.45) is 0. The second-order valence-electron chi connectivity index (χ2n) is 4.92. The Kier molecular flexibility index (Phi) is 3.66. The van der Waals surface area contributed by atoms with Gasteiger partial charge in [0.15, 0.2) is 0 Å². The molecule has 0 amide bonds. The molecule has 0 bridgehead atoms. The van der Waals surface area contributed by atoms with E-state index in [1.807, 2.05) is 31.2 Å². The number of hydrogen-bond donors (Lipinski definition) is 2. The van der Waals surface area contributed by atoms with Gasteiger partial charge >= 0.3 is 5.97 Å². The molecular formula is C15H14BrN3O3. The van der Waals surface area contributed by atoms with Gasteiger partial charge in [0, 0.05) is 15.7 Å². The maximum Gasteiger partial charge on any atom is 0.340 e. The number of carbonyl (C=O) groups is 1. The number of carbonyl (C=O) groups excluding carboxylic acids is 1. The van der Waals surface area contributed by atoms with Gasteiger partial charge in [0.1, 0.15) is 5.57 Å². The zero-order chi connectivity index (χ0) is 15.9. The molecule has 114 valence electrons. The zero-order valence-corrected chi connectivity index (χ0v) is 13.6. The van der Waals surface area contributed by atoms with Crippen LogP contribution in [0.25, 0.3) is 0 Å². The quantitative estimate of drug-likeness (QED) is 0.799. The molecule has 1 atom stereocenters. The molecular weight excluding hydrogens is 350 g/mol. The van der Waals surface area contributed by atoms with Gasteiger partial charge in [0.05, 0.1) is 13.0 Å². The number of aromatic nitrogens is 2. The summed E-state index contributed by atoms with van der Waals surface area (Å²) in [5.74, 6) is -0.506. The summed E-state index contributed by atoms with van der Waals surface area (Å²) in [6.45, 7) is 1.87. The summed E-state index contributed by atoms with van der Waals surface area (Å²) in [4.78, 5) is 12.2. The first kappa shape index (κ1) is 14.6. The van der Waals surface area contributed by atoms with Gasteiger partial charge in [-0.15, -0.1) is 5.10 Å². The second kappa shape index (κ2) is 5.49. The number of aromatic amines is 1. The van der Waals surface area contributed by atoms with Crippen LogP contribution in [0, 0.1) is 6.92 Å². The van der Waals surface area contributed by atoms with Gasteiger partial charge in [0.2, 0.25) is 11.8 Å². The van der Waals surface area contributed by atoms with E-state index in [2.05, 4.69) is 26.1 Å². The number of methoxy groups -OCH3 is 1. The minimum Gasteiger partial charge on any atom is -0.465 e. The second-order valence-corrected chi connectivity index (χ2v) is 5.84. The topological polar surface area (TPSA) is 90.2 Å². The van der Waals surface area contributed by atoms with Crippen molar-refractivity contribution in [3.63, 3.8) is 0 Å². The molecule has 1 aromatic carbocycles. The van der Waals surface area contributed by atoms with Crippen LogP contribution in [0.5, 0.6) is 5.88 Å². The average molecular weight is 364 g/mol. The summed E-state index contributed by atoms with van der Waals surface area (Å²) in [7, 11) is 1.32. The van der Waals surface area contributed by atoms with E-state index in [1.165, 1.54) is 7.11 Å². The van der Waals surface area contributed by atoms with Crippen molar-refractivity contribution >= 4 is 21.9 Å². The molecule has 1 unspecified atom stereocenters. The number of fused-ring (bicyclic) bond motifs is 1. The molecule has 0 spiro atoms. The summed E-state index contributed by atoms with van der Waals surface area (Å²) < 4.78 is 11.3. The Hall–Kier alpha value is -2.28. The first-order valence-corrected chi connectivity index (χ1v) is 7.38. The van der Waals surface area contributed by atoms with E-state index in [0.29, 0.717) is 5.88 Å². The van der Waals surface area contributed by atoms with Crippen LogP contribution in [-0.2, 0) is 9.53 Å². The van der Waals surface area contributed by atoms with Crippen LogP contribution in [-0.4, -0.2) is 23.3 Å². The maximum atomic E-state index is 12.2. The number of rotatable bonds is 2. The van der Waals surface area contributed by atoms with Crippen molar-refractivity contribution in [1.29, 1.82) is 0 Å². The lowest BCUT2D eigenvalue weighted by molar-refractivity contribution is -0.136. The summed E-state index contributed by atoms with van der Waals surface area (Å²) in [6, 6.07) is 7.66. The van der Waals surface area contributed by atoms with Crippen LogP contribution in [0.3, 0.4) is 0 Å². The van der Waals surface area contributed by atoms with Crippen molar-refractivity contribution in [2.24, 2.45) is 5.73 Å². The monoisotopic (exact) mass is 363 g/mol. The van der Waals surface area contributed by atoms with Gasteiger partial charge in [-0.3, -0.25) is 5.10 Å². The van der Waals surface area contributed by atoms with E-state index in [0.717, 1.165) is 21.3 Å². The smallest absolute Gasteiger partial charge is 0.340 e. The van der Waals surface area contributed by atoms with Crippen molar-refractivity contribution in [1.82, 2.24) is 10.2 Å². The predicted octanol–water partition coefficient (Wildman–Crippen LogP) is 2.35. The van der Waals surface area contributed by atoms with Crippen molar-refractivity contribution in [2.45, 2.75) is 12.8 Å². The van der Waals surface area contributed by atoms with E-state index in [4.69, 9.17) is 15.2 Å². The number of esters is 1. The summed E-state index contributed by atoms with van der Waals surface area (Å²) in [5.41, 5.74) is 8.72. The van der Waals surface area contributed by atoms with Crippen LogP contribution < -0.4 is 10.5 Å². The van der Waals surface area contributed by atoms with Crippen molar-refractivity contribution < 1.29 is 14.3 Å². The van der Waals surface area contributed by atoms with Gasteiger partial charge in [-0.25, -0.2) is 4.79 Å². The molecule has 0 radical (unpaired) electrons. The first-order valence-electron chi connectivity index (χ1n) is 6.59. The Labute approximate surface area is 135 Å². The standard InChI is InChI=1S/C15H14BrN3O3/c1-7-10-11(8-3-5-9(16)6-4-8)12(15(20)21-2)13(17)22-14(10)19-18-7/h3-6,11H,17H2,1-2H3,(H,18,19). The number of nitrogens with one attached hydrogen (secondary N) is 1. The molecule has 2 heterocycles. The maximum absolute atomic E-state index is 12.2. The fourth-order valence-electron chi connectivity index (χ4n) is 2.60. The fraction of sp³-hybridized carbons (Fsp3) is 0.200. The highest BCUT2D eigenvalue weighted by Crippen LogP contribution is 2.43. The van der Waals surface area contributed by atoms with E-state index >= 15 is 0 Å². The number of nitrogens with zero attached hydrogens (tertiary/aromatic N) is 1. The third kappa shape index (κ3) is 2.27. The van der Waals surface area contributed by atoms with Crippen molar-refractivity contribution in [3.8, 4) is 5.88 Å². The predicted molar refractivity (Wildman–Crippen MR) is 83.2 cm³/mol. The molecule has 22 heavy (non-hydrogen) atoms. The molecule has 2 aromatic rings. The van der Waals surface area contributed by atoms with Gasteiger partial charge < -0.3 is 15.2 Å². The number of hydrogen-bond acceptors (Lipinski definition) is 5. The Morgan fingerprint density at radius 2 is 2.09 bits per heavy atom. The average Bonchev–Trinajstić information content (AvgIpc) is 2.87. The Bertz CT molecular complexity index is 765. The summed E-state index contributed by atoms with van der Waals surface area (Å²) >= 11 is 3.41. The van der Waals surface area contributed by atoms with E-state index < -0.39 is 5.97 Å².